The number of rotatable bonds is 4. The predicted octanol–water partition coefficient (Wildman–Crippen LogP) is 6.94. The molecule has 6 heteroatoms. The van der Waals surface area contributed by atoms with Crippen LogP contribution in [0.1, 0.15) is 0 Å². The molecule has 0 aliphatic heterocycles. The van der Waals surface area contributed by atoms with Gasteiger partial charge in [0.25, 0.3) is 0 Å². The van der Waals surface area contributed by atoms with Crippen molar-refractivity contribution in [1.29, 1.82) is 0 Å². The van der Waals surface area contributed by atoms with Gasteiger partial charge in [-0.2, -0.15) is 9.61 Å². The fraction of sp³-hybridized carbons (Fsp3) is 0.0357. The largest absolute Gasteiger partial charge is 0.480 e. The van der Waals surface area contributed by atoms with Crippen LogP contribution >= 0.6 is 11.6 Å². The number of ether oxygens (including phenoxy) is 1. The first-order valence-corrected chi connectivity index (χ1v) is 11.2. The van der Waals surface area contributed by atoms with Crippen LogP contribution in [0.5, 0.6) is 5.88 Å². The maximum atomic E-state index is 6.84. The molecule has 0 amide bonds. The highest BCUT2D eigenvalue weighted by Crippen LogP contribution is 2.42. The fourth-order valence-electron chi connectivity index (χ4n) is 4.33. The van der Waals surface area contributed by atoms with Crippen LogP contribution in [0, 0.1) is 0 Å². The quantitative estimate of drug-likeness (QED) is 0.266. The highest BCUT2D eigenvalue weighted by molar-refractivity contribution is 6.32. The molecule has 0 fully saturated rings. The first-order valence-electron chi connectivity index (χ1n) is 10.9. The zero-order valence-electron chi connectivity index (χ0n) is 18.3. The van der Waals surface area contributed by atoms with E-state index >= 15 is 0 Å². The Morgan fingerprint density at radius 3 is 2.24 bits per heavy atom. The highest BCUT2D eigenvalue weighted by atomic mass is 35.5. The van der Waals surface area contributed by atoms with Crippen LogP contribution in [0.4, 0.5) is 0 Å². The molecule has 0 aliphatic carbocycles. The second-order valence-corrected chi connectivity index (χ2v) is 8.25. The summed E-state index contributed by atoms with van der Waals surface area (Å²) in [6, 6.07) is 30.1. The molecule has 6 aromatic rings. The molecule has 0 spiro atoms. The van der Waals surface area contributed by atoms with Gasteiger partial charge in [-0.1, -0.05) is 84.4 Å². The summed E-state index contributed by atoms with van der Waals surface area (Å²) < 4.78 is 7.66. The van der Waals surface area contributed by atoms with Gasteiger partial charge in [0.05, 0.1) is 23.8 Å². The fourth-order valence-corrected chi connectivity index (χ4v) is 4.60. The van der Waals surface area contributed by atoms with Gasteiger partial charge in [0.1, 0.15) is 10.8 Å². The third-order valence-corrected chi connectivity index (χ3v) is 6.15. The lowest BCUT2D eigenvalue weighted by Crippen LogP contribution is -2.02. The van der Waals surface area contributed by atoms with Gasteiger partial charge in [-0.15, -0.1) is 0 Å². The summed E-state index contributed by atoms with van der Waals surface area (Å²) in [4.78, 5) is 9.25. The summed E-state index contributed by atoms with van der Waals surface area (Å²) in [5, 5.41) is 6.34. The molecule has 0 atom stereocenters. The number of benzene rings is 3. The number of aromatic nitrogens is 4. The molecular weight excluding hydrogens is 444 g/mol. The van der Waals surface area contributed by atoms with E-state index in [0.717, 1.165) is 38.9 Å². The summed E-state index contributed by atoms with van der Waals surface area (Å²) in [5.41, 5.74) is 6.83. The number of hydrogen-bond acceptors (Lipinski definition) is 4. The molecule has 6 rings (SSSR count). The van der Waals surface area contributed by atoms with Gasteiger partial charge in [-0.05, 0) is 29.3 Å². The van der Waals surface area contributed by atoms with E-state index < -0.39 is 0 Å². The van der Waals surface area contributed by atoms with E-state index in [1.807, 2.05) is 78.9 Å². The number of pyridine rings is 1. The van der Waals surface area contributed by atoms with E-state index in [1.165, 1.54) is 0 Å². The SMILES string of the molecule is COc1c(-c2ccc3ncccc3c2)c(Cl)nc2c(-c3ccccc3)c(-c3ccccc3)nn12. The average Bonchev–Trinajstić information content (AvgIpc) is 3.27. The van der Waals surface area contributed by atoms with Crippen molar-refractivity contribution in [1.82, 2.24) is 19.6 Å². The molecule has 5 nitrogen and oxygen atoms in total. The lowest BCUT2D eigenvalue weighted by Gasteiger charge is -2.13. The summed E-state index contributed by atoms with van der Waals surface area (Å²) in [6.45, 7) is 0. The molecule has 0 saturated carbocycles. The second kappa shape index (κ2) is 8.28. The molecular formula is C28H19ClN4O. The van der Waals surface area contributed by atoms with Crippen LogP contribution in [0.15, 0.2) is 97.2 Å². The number of hydrogen-bond donors (Lipinski definition) is 0. The van der Waals surface area contributed by atoms with E-state index in [0.29, 0.717) is 22.2 Å². The van der Waals surface area contributed by atoms with Crippen molar-refractivity contribution in [2.24, 2.45) is 0 Å². The third kappa shape index (κ3) is 3.29. The minimum atomic E-state index is 0.351. The Morgan fingerprint density at radius 1 is 0.765 bits per heavy atom. The Balaban J connectivity index is 1.68. The van der Waals surface area contributed by atoms with Crippen LogP contribution in [-0.2, 0) is 0 Å². The van der Waals surface area contributed by atoms with Crippen LogP contribution in [0.2, 0.25) is 5.15 Å². The normalized spacial score (nSPS) is 11.2. The highest BCUT2D eigenvalue weighted by Gasteiger charge is 2.24. The molecule has 34 heavy (non-hydrogen) atoms. The summed E-state index contributed by atoms with van der Waals surface area (Å²) in [6.07, 6.45) is 1.78. The number of halogens is 1. The smallest absolute Gasteiger partial charge is 0.227 e. The van der Waals surface area contributed by atoms with Gasteiger partial charge in [0.15, 0.2) is 5.65 Å². The van der Waals surface area contributed by atoms with Gasteiger partial charge in [-0.3, -0.25) is 4.98 Å². The van der Waals surface area contributed by atoms with Crippen LogP contribution in [-0.4, -0.2) is 26.7 Å². The summed E-state index contributed by atoms with van der Waals surface area (Å²) >= 11 is 6.84. The number of methoxy groups -OCH3 is 1. The maximum absolute atomic E-state index is 6.84. The van der Waals surface area contributed by atoms with E-state index in [-0.39, 0.29) is 0 Å². The monoisotopic (exact) mass is 462 g/mol. The zero-order valence-corrected chi connectivity index (χ0v) is 19.1. The average molecular weight is 463 g/mol. The van der Waals surface area contributed by atoms with Crippen molar-refractivity contribution >= 4 is 28.2 Å². The van der Waals surface area contributed by atoms with E-state index in [9.17, 15) is 0 Å². The first-order chi connectivity index (χ1) is 16.7. The Bertz CT molecular complexity index is 1650. The minimum absolute atomic E-state index is 0.351. The predicted molar refractivity (Wildman–Crippen MR) is 136 cm³/mol. The molecule has 0 radical (unpaired) electrons. The topological polar surface area (TPSA) is 52.3 Å². The molecule has 3 aromatic carbocycles. The zero-order chi connectivity index (χ0) is 23.1. The second-order valence-electron chi connectivity index (χ2n) is 7.89. The van der Waals surface area contributed by atoms with Gasteiger partial charge in [0, 0.05) is 17.1 Å². The summed E-state index contributed by atoms with van der Waals surface area (Å²) in [5.74, 6) is 0.526. The molecule has 3 heterocycles. The van der Waals surface area contributed by atoms with Crippen molar-refractivity contribution in [2.75, 3.05) is 7.11 Å². The van der Waals surface area contributed by atoms with Gasteiger partial charge < -0.3 is 4.74 Å². The van der Waals surface area contributed by atoms with Gasteiger partial charge in [-0.25, -0.2) is 4.98 Å². The van der Waals surface area contributed by atoms with Crippen LogP contribution in [0.3, 0.4) is 0 Å². The van der Waals surface area contributed by atoms with Crippen molar-refractivity contribution in [3.8, 4) is 39.4 Å². The number of fused-ring (bicyclic) bond motifs is 2. The molecule has 0 N–H and O–H groups in total. The Hall–Kier alpha value is -4.22. The molecule has 0 bridgehead atoms. The third-order valence-electron chi connectivity index (χ3n) is 5.87. The maximum Gasteiger partial charge on any atom is 0.227 e. The lowest BCUT2D eigenvalue weighted by molar-refractivity contribution is 0.387. The lowest BCUT2D eigenvalue weighted by atomic mass is 10.0. The van der Waals surface area contributed by atoms with Crippen LogP contribution in [0.25, 0.3) is 50.1 Å². The van der Waals surface area contributed by atoms with Crippen molar-refractivity contribution in [3.63, 3.8) is 0 Å². The Labute approximate surface area is 201 Å². The van der Waals surface area contributed by atoms with Crippen molar-refractivity contribution in [2.45, 2.75) is 0 Å². The standard InChI is InChI=1S/C28H19ClN4O/c1-34-28-24(21-14-15-22-20(17-21)13-8-16-30-22)26(29)31-27-23(18-9-4-2-5-10-18)25(32-33(27)28)19-11-6-3-7-12-19/h2-17H,1H3. The molecule has 3 aromatic heterocycles. The van der Waals surface area contributed by atoms with Crippen LogP contribution < -0.4 is 4.74 Å². The minimum Gasteiger partial charge on any atom is -0.480 e. The summed E-state index contributed by atoms with van der Waals surface area (Å²) in [7, 11) is 1.63. The Kier molecular flexibility index (Phi) is 4.97. The van der Waals surface area contributed by atoms with Gasteiger partial charge >= 0.3 is 0 Å². The number of nitrogens with zero attached hydrogens (tertiary/aromatic N) is 4. The van der Waals surface area contributed by atoms with E-state index in [1.54, 1.807) is 17.8 Å². The molecule has 0 unspecified atom stereocenters. The van der Waals surface area contributed by atoms with Crippen molar-refractivity contribution in [3.05, 3.63) is 102 Å². The molecule has 0 aliphatic rings. The Morgan fingerprint density at radius 2 is 1.50 bits per heavy atom. The molecule has 0 saturated heterocycles. The van der Waals surface area contributed by atoms with Crippen molar-refractivity contribution < 1.29 is 4.74 Å². The molecule has 164 valence electrons. The first kappa shape index (κ1) is 20.4. The van der Waals surface area contributed by atoms with Gasteiger partial charge in [0.2, 0.25) is 5.88 Å². The van der Waals surface area contributed by atoms with E-state index in [2.05, 4.69) is 17.1 Å². The van der Waals surface area contributed by atoms with E-state index in [4.69, 9.17) is 26.4 Å².